The summed E-state index contributed by atoms with van der Waals surface area (Å²) in [7, 11) is 0. The third-order valence-corrected chi connectivity index (χ3v) is 3.48. The lowest BCUT2D eigenvalue weighted by molar-refractivity contribution is 0.326. The van der Waals surface area contributed by atoms with Crippen molar-refractivity contribution in [2.24, 2.45) is 5.92 Å². The quantitative estimate of drug-likeness (QED) is 0.840. The Morgan fingerprint density at radius 2 is 2.17 bits per heavy atom. The summed E-state index contributed by atoms with van der Waals surface area (Å²) in [5, 5.41) is 3.29. The Balaban J connectivity index is 1.73. The van der Waals surface area contributed by atoms with Crippen molar-refractivity contribution in [3.8, 4) is 5.88 Å². The summed E-state index contributed by atoms with van der Waals surface area (Å²) in [5.41, 5.74) is 0. The van der Waals surface area contributed by atoms with Crippen molar-refractivity contribution in [3.63, 3.8) is 0 Å². The van der Waals surface area contributed by atoms with Crippen molar-refractivity contribution in [1.29, 1.82) is 0 Å². The molecule has 100 valence electrons. The minimum absolute atomic E-state index is 0.637. The van der Waals surface area contributed by atoms with Crippen LogP contribution in [0.1, 0.15) is 45.4 Å². The highest BCUT2D eigenvalue weighted by Crippen LogP contribution is 2.26. The Morgan fingerprint density at radius 1 is 1.33 bits per heavy atom. The van der Waals surface area contributed by atoms with Crippen molar-refractivity contribution in [1.82, 2.24) is 9.97 Å². The molecule has 0 aromatic carbocycles. The van der Waals surface area contributed by atoms with Crippen molar-refractivity contribution < 1.29 is 4.74 Å². The van der Waals surface area contributed by atoms with Gasteiger partial charge in [0.2, 0.25) is 11.8 Å². The zero-order valence-corrected chi connectivity index (χ0v) is 11.2. The monoisotopic (exact) mass is 249 g/mol. The summed E-state index contributed by atoms with van der Waals surface area (Å²) in [6.07, 6.45) is 9.97. The average Bonchev–Trinajstić information content (AvgIpc) is 2.41. The van der Waals surface area contributed by atoms with Crippen LogP contribution in [0.5, 0.6) is 5.88 Å². The van der Waals surface area contributed by atoms with Gasteiger partial charge in [0, 0.05) is 18.8 Å². The molecule has 0 unspecified atom stereocenters. The highest BCUT2D eigenvalue weighted by atomic mass is 16.5. The number of hydrogen-bond donors (Lipinski definition) is 1. The first-order chi connectivity index (χ1) is 8.88. The van der Waals surface area contributed by atoms with E-state index in [2.05, 4.69) is 15.3 Å². The molecule has 1 aromatic heterocycles. The molecule has 1 aliphatic rings. The number of nitrogens with zero attached hydrogens (tertiary/aromatic N) is 2. The van der Waals surface area contributed by atoms with Crippen LogP contribution in [0.4, 0.5) is 5.95 Å². The third-order valence-electron chi connectivity index (χ3n) is 3.48. The SMILES string of the molecule is CCOc1ccnc(NCCC2CCCCC2)n1. The molecule has 0 aliphatic heterocycles. The minimum atomic E-state index is 0.637. The van der Waals surface area contributed by atoms with E-state index < -0.39 is 0 Å². The molecule has 1 saturated carbocycles. The van der Waals surface area contributed by atoms with E-state index in [-0.39, 0.29) is 0 Å². The molecule has 0 spiro atoms. The number of ether oxygens (including phenoxy) is 1. The van der Waals surface area contributed by atoms with Gasteiger partial charge in [-0.3, -0.25) is 0 Å². The van der Waals surface area contributed by atoms with Crippen LogP contribution in [0.2, 0.25) is 0 Å². The lowest BCUT2D eigenvalue weighted by atomic mass is 9.87. The summed E-state index contributed by atoms with van der Waals surface area (Å²) >= 11 is 0. The van der Waals surface area contributed by atoms with E-state index in [1.54, 1.807) is 12.3 Å². The smallest absolute Gasteiger partial charge is 0.225 e. The van der Waals surface area contributed by atoms with Crippen LogP contribution in [-0.2, 0) is 0 Å². The highest BCUT2D eigenvalue weighted by molar-refractivity contribution is 5.27. The number of aromatic nitrogens is 2. The van der Waals surface area contributed by atoms with Gasteiger partial charge in [-0.25, -0.2) is 4.98 Å². The predicted octanol–water partition coefficient (Wildman–Crippen LogP) is 3.26. The van der Waals surface area contributed by atoms with Gasteiger partial charge < -0.3 is 10.1 Å². The van der Waals surface area contributed by atoms with Crippen LogP contribution in [0, 0.1) is 5.92 Å². The normalized spacial score (nSPS) is 16.5. The molecule has 0 saturated heterocycles. The first-order valence-corrected chi connectivity index (χ1v) is 7.08. The Bertz CT molecular complexity index is 351. The summed E-state index contributed by atoms with van der Waals surface area (Å²) in [4.78, 5) is 8.50. The fourth-order valence-corrected chi connectivity index (χ4v) is 2.52. The molecule has 0 atom stereocenters. The topological polar surface area (TPSA) is 47.0 Å². The Kier molecular flexibility index (Phi) is 5.24. The summed E-state index contributed by atoms with van der Waals surface area (Å²) in [6.45, 7) is 3.55. The zero-order chi connectivity index (χ0) is 12.6. The maximum atomic E-state index is 5.35. The van der Waals surface area contributed by atoms with E-state index in [4.69, 9.17) is 4.74 Å². The molecule has 2 rings (SSSR count). The van der Waals surface area contributed by atoms with E-state index in [0.717, 1.165) is 12.5 Å². The molecule has 0 bridgehead atoms. The van der Waals surface area contributed by atoms with Gasteiger partial charge in [0.05, 0.1) is 6.61 Å². The summed E-state index contributed by atoms with van der Waals surface area (Å²) in [6, 6.07) is 1.79. The van der Waals surface area contributed by atoms with Gasteiger partial charge in [-0.1, -0.05) is 32.1 Å². The van der Waals surface area contributed by atoms with Crippen LogP contribution in [0.3, 0.4) is 0 Å². The Morgan fingerprint density at radius 3 is 2.94 bits per heavy atom. The molecule has 1 heterocycles. The van der Waals surface area contributed by atoms with Crippen molar-refractivity contribution in [3.05, 3.63) is 12.3 Å². The van der Waals surface area contributed by atoms with E-state index in [1.807, 2.05) is 6.92 Å². The molecule has 18 heavy (non-hydrogen) atoms. The van der Waals surface area contributed by atoms with Crippen molar-refractivity contribution in [2.45, 2.75) is 45.4 Å². The van der Waals surface area contributed by atoms with Gasteiger partial charge in [-0.05, 0) is 19.3 Å². The van der Waals surface area contributed by atoms with E-state index in [1.165, 1.54) is 38.5 Å². The van der Waals surface area contributed by atoms with Crippen LogP contribution in [0.15, 0.2) is 12.3 Å². The van der Waals surface area contributed by atoms with Gasteiger partial charge in [0.15, 0.2) is 0 Å². The minimum Gasteiger partial charge on any atom is -0.478 e. The maximum Gasteiger partial charge on any atom is 0.225 e. The molecule has 1 aliphatic carbocycles. The average molecular weight is 249 g/mol. The van der Waals surface area contributed by atoms with Gasteiger partial charge >= 0.3 is 0 Å². The van der Waals surface area contributed by atoms with Crippen LogP contribution < -0.4 is 10.1 Å². The first kappa shape index (κ1) is 13.1. The van der Waals surface area contributed by atoms with Crippen LogP contribution in [0.25, 0.3) is 0 Å². The van der Waals surface area contributed by atoms with Crippen molar-refractivity contribution in [2.75, 3.05) is 18.5 Å². The van der Waals surface area contributed by atoms with Crippen LogP contribution in [-0.4, -0.2) is 23.1 Å². The zero-order valence-electron chi connectivity index (χ0n) is 11.2. The molecular weight excluding hydrogens is 226 g/mol. The number of anilines is 1. The number of rotatable bonds is 6. The van der Waals surface area contributed by atoms with Crippen LogP contribution >= 0.6 is 0 Å². The highest BCUT2D eigenvalue weighted by Gasteiger charge is 2.12. The first-order valence-electron chi connectivity index (χ1n) is 7.08. The lowest BCUT2D eigenvalue weighted by Gasteiger charge is -2.21. The van der Waals surface area contributed by atoms with Gasteiger partial charge in [-0.2, -0.15) is 4.98 Å². The lowest BCUT2D eigenvalue weighted by Crippen LogP contribution is -2.13. The third kappa shape index (κ3) is 4.17. The second kappa shape index (κ2) is 7.19. The fraction of sp³-hybridized carbons (Fsp3) is 0.714. The largest absolute Gasteiger partial charge is 0.478 e. The van der Waals surface area contributed by atoms with Crippen molar-refractivity contribution >= 4 is 5.95 Å². The number of nitrogens with one attached hydrogen (secondary N) is 1. The predicted molar refractivity (Wildman–Crippen MR) is 72.9 cm³/mol. The summed E-state index contributed by atoms with van der Waals surface area (Å²) < 4.78 is 5.35. The molecule has 4 nitrogen and oxygen atoms in total. The standard InChI is InChI=1S/C14H23N3O/c1-2-18-13-9-11-16-14(17-13)15-10-8-12-6-4-3-5-7-12/h9,11-12H,2-8,10H2,1H3,(H,15,16,17). The molecule has 0 radical (unpaired) electrons. The molecule has 1 fully saturated rings. The molecule has 0 amide bonds. The van der Waals surface area contributed by atoms with Gasteiger partial charge in [-0.15, -0.1) is 0 Å². The second-order valence-electron chi connectivity index (χ2n) is 4.87. The molecule has 1 aromatic rings. The number of hydrogen-bond acceptors (Lipinski definition) is 4. The molecular formula is C14H23N3O. The molecule has 4 heteroatoms. The maximum absolute atomic E-state index is 5.35. The second-order valence-corrected chi connectivity index (χ2v) is 4.87. The van der Waals surface area contributed by atoms with Gasteiger partial charge in [0.1, 0.15) is 0 Å². The Labute approximate surface area is 109 Å². The van der Waals surface area contributed by atoms with Gasteiger partial charge in [0.25, 0.3) is 0 Å². The summed E-state index contributed by atoms with van der Waals surface area (Å²) in [5.74, 6) is 2.21. The molecule has 1 N–H and O–H groups in total. The fourth-order valence-electron chi connectivity index (χ4n) is 2.52. The Hall–Kier alpha value is -1.32. The van der Waals surface area contributed by atoms with E-state index in [9.17, 15) is 0 Å². The van der Waals surface area contributed by atoms with E-state index >= 15 is 0 Å². The van der Waals surface area contributed by atoms with E-state index in [0.29, 0.717) is 18.4 Å².